The van der Waals surface area contributed by atoms with Crippen molar-refractivity contribution < 1.29 is 14.6 Å². The zero-order valence-corrected chi connectivity index (χ0v) is 21.4. The number of esters is 1. The third-order valence-electron chi connectivity index (χ3n) is 7.18. The van der Waals surface area contributed by atoms with Gasteiger partial charge in [-0.25, -0.2) is 14.3 Å². The fraction of sp³-hybridized carbons (Fsp3) is 0.480. The van der Waals surface area contributed by atoms with Crippen LogP contribution in [0.1, 0.15) is 55.7 Å². The van der Waals surface area contributed by atoms with Gasteiger partial charge in [-0.05, 0) is 60.7 Å². The van der Waals surface area contributed by atoms with E-state index in [0.717, 1.165) is 41.5 Å². The first-order valence-corrected chi connectivity index (χ1v) is 12.7. The Balaban J connectivity index is 1.43. The Hall–Kier alpha value is -3.01. The number of hydrogen-bond donors (Lipinski definition) is 1. The maximum absolute atomic E-state index is 13.3. The molecule has 10 heteroatoms. The molecule has 0 bridgehead atoms. The van der Waals surface area contributed by atoms with E-state index in [1.807, 2.05) is 19.9 Å². The van der Waals surface area contributed by atoms with E-state index in [1.165, 1.54) is 6.07 Å². The van der Waals surface area contributed by atoms with Crippen LogP contribution in [0.2, 0.25) is 0 Å². The van der Waals surface area contributed by atoms with Crippen molar-refractivity contribution in [2.24, 2.45) is 5.92 Å². The second-order valence-electron chi connectivity index (χ2n) is 9.62. The van der Waals surface area contributed by atoms with Gasteiger partial charge in [0.25, 0.3) is 11.3 Å². The van der Waals surface area contributed by atoms with Crippen LogP contribution in [-0.4, -0.2) is 40.8 Å². The molecule has 1 saturated carbocycles. The van der Waals surface area contributed by atoms with E-state index in [2.05, 4.69) is 31.0 Å². The number of ether oxygens (including phenoxy) is 1. The van der Waals surface area contributed by atoms with E-state index in [1.54, 1.807) is 21.3 Å². The molecule has 1 fully saturated rings. The molecule has 3 aromatic heterocycles. The SMILES string of the molecule is Cc1cc(C)n2nc(CC3=C(O)CC(CCn4cc(Br)ccc4=O)(C4CCCC4)OC3=O)nc2n1. The zero-order chi connectivity index (χ0) is 24.7. The molecule has 0 amide bonds. The minimum absolute atomic E-state index is 0.0226. The van der Waals surface area contributed by atoms with E-state index < -0.39 is 11.6 Å². The predicted molar refractivity (Wildman–Crippen MR) is 132 cm³/mol. The van der Waals surface area contributed by atoms with Gasteiger partial charge in [-0.2, -0.15) is 4.98 Å². The van der Waals surface area contributed by atoms with Gasteiger partial charge in [-0.15, -0.1) is 5.10 Å². The highest BCUT2D eigenvalue weighted by Crippen LogP contribution is 2.45. The molecule has 184 valence electrons. The third-order valence-corrected chi connectivity index (χ3v) is 7.65. The molecule has 9 nitrogen and oxygen atoms in total. The monoisotopic (exact) mass is 541 g/mol. The molecular formula is C25H28BrN5O4. The maximum Gasteiger partial charge on any atom is 0.338 e. The summed E-state index contributed by atoms with van der Waals surface area (Å²) in [5.74, 6) is 0.484. The lowest BCUT2D eigenvalue weighted by atomic mass is 9.77. The minimum atomic E-state index is -0.843. The van der Waals surface area contributed by atoms with E-state index in [0.29, 0.717) is 24.6 Å². The van der Waals surface area contributed by atoms with Crippen LogP contribution >= 0.6 is 15.9 Å². The number of aryl methyl sites for hydroxylation is 3. The first-order valence-electron chi connectivity index (χ1n) is 11.9. The topological polar surface area (TPSA) is 112 Å². The standard InChI is InChI=1S/C25H28BrN5O4/c1-15-11-16(2)31-24(27-15)28-21(29-31)12-19-20(32)13-25(35-23(19)34,17-5-3-4-6-17)9-10-30-14-18(26)7-8-22(30)33/h7-8,11,14,17,32H,3-6,9-10,12-13H2,1-2H3. The Bertz CT molecular complexity index is 1390. The summed E-state index contributed by atoms with van der Waals surface area (Å²) >= 11 is 3.41. The number of halogens is 1. The van der Waals surface area contributed by atoms with Crippen LogP contribution in [0.3, 0.4) is 0 Å². The van der Waals surface area contributed by atoms with Crippen molar-refractivity contribution in [3.8, 4) is 0 Å². The van der Waals surface area contributed by atoms with Crippen LogP contribution in [0.25, 0.3) is 5.78 Å². The number of fused-ring (bicyclic) bond motifs is 1. The first kappa shape index (κ1) is 23.7. The fourth-order valence-electron chi connectivity index (χ4n) is 5.41. The maximum atomic E-state index is 13.3. The molecule has 35 heavy (non-hydrogen) atoms. The molecule has 1 aliphatic heterocycles. The lowest BCUT2D eigenvalue weighted by molar-refractivity contribution is -0.168. The number of cyclic esters (lactones) is 1. The number of aromatic nitrogens is 5. The van der Waals surface area contributed by atoms with Gasteiger partial charge >= 0.3 is 5.97 Å². The summed E-state index contributed by atoms with van der Waals surface area (Å²) in [6.45, 7) is 4.19. The summed E-state index contributed by atoms with van der Waals surface area (Å²) in [5.41, 5.74) is 0.945. The molecule has 0 saturated heterocycles. The molecule has 0 radical (unpaired) electrons. The van der Waals surface area contributed by atoms with Crippen molar-refractivity contribution in [2.75, 3.05) is 0 Å². The molecule has 3 aromatic rings. The summed E-state index contributed by atoms with van der Waals surface area (Å²) in [6.07, 6.45) is 6.48. The van der Waals surface area contributed by atoms with E-state index in [-0.39, 0.29) is 35.7 Å². The summed E-state index contributed by atoms with van der Waals surface area (Å²) in [4.78, 5) is 34.4. The van der Waals surface area contributed by atoms with Gasteiger partial charge < -0.3 is 14.4 Å². The van der Waals surface area contributed by atoms with Crippen molar-refractivity contribution in [1.29, 1.82) is 0 Å². The van der Waals surface area contributed by atoms with E-state index in [4.69, 9.17) is 4.74 Å². The number of aliphatic hydroxyl groups excluding tert-OH is 1. The van der Waals surface area contributed by atoms with Crippen molar-refractivity contribution in [2.45, 2.75) is 70.9 Å². The number of aliphatic hydroxyl groups is 1. The number of rotatable bonds is 6. The molecule has 0 aromatic carbocycles. The highest BCUT2D eigenvalue weighted by molar-refractivity contribution is 9.10. The van der Waals surface area contributed by atoms with E-state index >= 15 is 0 Å². The summed E-state index contributed by atoms with van der Waals surface area (Å²) in [5, 5.41) is 15.6. The normalized spacial score (nSPS) is 21.2. The molecular weight excluding hydrogens is 514 g/mol. The van der Waals surface area contributed by atoms with Gasteiger partial charge in [0, 0.05) is 53.9 Å². The van der Waals surface area contributed by atoms with Gasteiger partial charge in [-0.3, -0.25) is 4.79 Å². The van der Waals surface area contributed by atoms with Crippen LogP contribution < -0.4 is 5.56 Å². The zero-order valence-electron chi connectivity index (χ0n) is 19.8. The van der Waals surface area contributed by atoms with Crippen LogP contribution in [-0.2, 0) is 22.5 Å². The van der Waals surface area contributed by atoms with Crippen LogP contribution in [0.15, 0.2) is 45.0 Å². The molecule has 1 aliphatic carbocycles. The highest BCUT2D eigenvalue weighted by atomic mass is 79.9. The Morgan fingerprint density at radius 3 is 2.71 bits per heavy atom. The molecule has 4 heterocycles. The molecule has 0 spiro atoms. The average Bonchev–Trinajstić information content (AvgIpc) is 3.47. The smallest absolute Gasteiger partial charge is 0.338 e. The Kier molecular flexibility index (Phi) is 6.25. The number of hydrogen-bond acceptors (Lipinski definition) is 7. The van der Waals surface area contributed by atoms with Gasteiger partial charge in [-0.1, -0.05) is 12.8 Å². The Morgan fingerprint density at radius 1 is 1.20 bits per heavy atom. The van der Waals surface area contributed by atoms with Crippen LogP contribution in [0.4, 0.5) is 0 Å². The molecule has 1 unspecified atom stereocenters. The third kappa shape index (κ3) is 4.63. The second-order valence-corrected chi connectivity index (χ2v) is 10.5. The largest absolute Gasteiger partial charge is 0.512 e. The number of carbonyl (C=O) groups is 1. The van der Waals surface area contributed by atoms with Crippen molar-refractivity contribution in [3.05, 3.63) is 67.8 Å². The predicted octanol–water partition coefficient (Wildman–Crippen LogP) is 3.99. The lowest BCUT2D eigenvalue weighted by Gasteiger charge is -2.41. The summed E-state index contributed by atoms with van der Waals surface area (Å²) < 4.78 is 10.2. The summed E-state index contributed by atoms with van der Waals surface area (Å²) in [7, 11) is 0. The Morgan fingerprint density at radius 2 is 1.97 bits per heavy atom. The quantitative estimate of drug-likeness (QED) is 0.469. The molecule has 1 atom stereocenters. The number of nitrogens with zero attached hydrogens (tertiary/aromatic N) is 5. The number of carbonyl (C=O) groups excluding carboxylic acids is 1. The van der Waals surface area contributed by atoms with E-state index in [9.17, 15) is 14.7 Å². The average molecular weight is 542 g/mol. The van der Waals surface area contributed by atoms with Crippen molar-refractivity contribution in [1.82, 2.24) is 24.1 Å². The highest BCUT2D eigenvalue weighted by Gasteiger charge is 2.48. The van der Waals surface area contributed by atoms with Gasteiger partial charge in [0.05, 0.1) is 5.57 Å². The van der Waals surface area contributed by atoms with Crippen LogP contribution in [0, 0.1) is 19.8 Å². The lowest BCUT2D eigenvalue weighted by Crippen LogP contribution is -2.47. The van der Waals surface area contributed by atoms with Gasteiger partial charge in [0.2, 0.25) is 0 Å². The molecule has 1 N–H and O–H groups in total. The van der Waals surface area contributed by atoms with Crippen molar-refractivity contribution in [3.63, 3.8) is 0 Å². The fourth-order valence-corrected chi connectivity index (χ4v) is 5.79. The van der Waals surface area contributed by atoms with Gasteiger partial charge in [0.1, 0.15) is 11.4 Å². The van der Waals surface area contributed by atoms with Crippen molar-refractivity contribution >= 4 is 27.7 Å². The summed E-state index contributed by atoms with van der Waals surface area (Å²) in [6, 6.07) is 5.12. The minimum Gasteiger partial charge on any atom is -0.512 e. The first-order chi connectivity index (χ1) is 16.7. The molecule has 2 aliphatic rings. The molecule has 5 rings (SSSR count). The second kappa shape index (κ2) is 9.22. The number of pyridine rings is 1. The Labute approximate surface area is 211 Å². The van der Waals surface area contributed by atoms with Crippen LogP contribution in [0.5, 0.6) is 0 Å². The van der Waals surface area contributed by atoms with Gasteiger partial charge in [0.15, 0.2) is 5.82 Å².